The van der Waals surface area contributed by atoms with Crippen LogP contribution >= 0.6 is 12.4 Å². The Morgan fingerprint density at radius 3 is 2.53 bits per heavy atom. The first-order valence-electron chi connectivity index (χ1n) is 4.69. The van der Waals surface area contributed by atoms with E-state index in [0.717, 1.165) is 17.5 Å². The van der Waals surface area contributed by atoms with Crippen molar-refractivity contribution in [1.29, 1.82) is 0 Å². The number of aryl methyl sites for hydroxylation is 1. The zero-order chi connectivity index (χ0) is 10.7. The van der Waals surface area contributed by atoms with Gasteiger partial charge in [0.1, 0.15) is 5.69 Å². The molecule has 0 spiro atoms. The van der Waals surface area contributed by atoms with Gasteiger partial charge in [0.25, 0.3) is 0 Å². The molecule has 1 heterocycles. The normalized spacial score (nSPS) is 9.87. The number of rotatable bonds is 3. The van der Waals surface area contributed by atoms with Gasteiger partial charge in [-0.2, -0.15) is 0 Å². The van der Waals surface area contributed by atoms with Gasteiger partial charge in [-0.25, -0.2) is 9.78 Å². The van der Waals surface area contributed by atoms with Gasteiger partial charge in [-0.15, -0.1) is 12.4 Å². The van der Waals surface area contributed by atoms with Crippen molar-refractivity contribution in [3.63, 3.8) is 0 Å². The summed E-state index contributed by atoms with van der Waals surface area (Å²) in [6, 6.07) is 1.63. The molecule has 15 heavy (non-hydrogen) atoms. The minimum absolute atomic E-state index is 0. The highest BCUT2D eigenvalue weighted by molar-refractivity contribution is 5.85. The van der Waals surface area contributed by atoms with Crippen molar-refractivity contribution in [3.05, 3.63) is 29.1 Å². The van der Waals surface area contributed by atoms with Crippen molar-refractivity contribution in [3.8, 4) is 0 Å². The van der Waals surface area contributed by atoms with Crippen molar-refractivity contribution >= 4 is 18.4 Å². The third-order valence-corrected chi connectivity index (χ3v) is 2.07. The predicted octanol–water partition coefficient (Wildman–Crippen LogP) is 2.71. The van der Waals surface area contributed by atoms with Gasteiger partial charge in [-0.05, 0) is 36.5 Å². The van der Waals surface area contributed by atoms with Crippen LogP contribution < -0.4 is 0 Å². The maximum atomic E-state index is 10.6. The van der Waals surface area contributed by atoms with Crippen molar-refractivity contribution in [1.82, 2.24) is 4.98 Å². The average molecular weight is 230 g/mol. The van der Waals surface area contributed by atoms with Gasteiger partial charge in [0.05, 0.1) is 0 Å². The van der Waals surface area contributed by atoms with Crippen LogP contribution in [0.4, 0.5) is 0 Å². The number of hydrogen-bond acceptors (Lipinski definition) is 2. The number of carboxylic acids is 1. The predicted molar refractivity (Wildman–Crippen MR) is 61.7 cm³/mol. The molecule has 0 atom stereocenters. The molecule has 1 N–H and O–H groups in total. The Kier molecular flexibility index (Phi) is 5.29. The largest absolute Gasteiger partial charge is 0.477 e. The molecule has 1 aromatic rings. The Labute approximate surface area is 95.9 Å². The fraction of sp³-hybridized carbons (Fsp3) is 0.455. The van der Waals surface area contributed by atoms with E-state index in [-0.39, 0.29) is 18.1 Å². The highest BCUT2D eigenvalue weighted by atomic mass is 35.5. The lowest BCUT2D eigenvalue weighted by Crippen LogP contribution is -2.04. The van der Waals surface area contributed by atoms with Crippen LogP contribution in [0.3, 0.4) is 0 Å². The van der Waals surface area contributed by atoms with E-state index in [1.54, 1.807) is 12.3 Å². The first-order chi connectivity index (χ1) is 6.50. The molecule has 0 radical (unpaired) electrons. The third-order valence-electron chi connectivity index (χ3n) is 2.07. The Balaban J connectivity index is 0.00000196. The smallest absolute Gasteiger partial charge is 0.354 e. The second-order valence-electron chi connectivity index (χ2n) is 3.90. The van der Waals surface area contributed by atoms with Crippen molar-refractivity contribution in [2.24, 2.45) is 5.92 Å². The Morgan fingerprint density at radius 2 is 2.13 bits per heavy atom. The van der Waals surface area contributed by atoms with Crippen molar-refractivity contribution in [2.75, 3.05) is 0 Å². The molecule has 0 aliphatic rings. The lowest BCUT2D eigenvalue weighted by Gasteiger charge is -2.08. The number of nitrogens with zero attached hydrogens (tertiary/aromatic N) is 1. The summed E-state index contributed by atoms with van der Waals surface area (Å²) in [6.07, 6.45) is 2.61. The summed E-state index contributed by atoms with van der Waals surface area (Å²) in [6.45, 7) is 6.18. The number of carbonyl (C=O) groups is 1. The summed E-state index contributed by atoms with van der Waals surface area (Å²) in [5, 5.41) is 8.72. The number of pyridine rings is 1. The standard InChI is InChI=1S/C11H15NO2.ClH/c1-7(2)4-9-6-12-10(11(13)14)5-8(9)3;/h5-7H,4H2,1-3H3,(H,13,14);1H. The molecule has 0 fully saturated rings. The van der Waals surface area contributed by atoms with Crippen LogP contribution in [0.1, 0.15) is 35.5 Å². The first kappa shape index (κ1) is 13.9. The van der Waals surface area contributed by atoms with E-state index < -0.39 is 5.97 Å². The van der Waals surface area contributed by atoms with Gasteiger partial charge in [0.15, 0.2) is 0 Å². The molecule has 0 saturated heterocycles. The van der Waals surface area contributed by atoms with E-state index in [1.165, 1.54) is 0 Å². The maximum Gasteiger partial charge on any atom is 0.354 e. The first-order valence-corrected chi connectivity index (χ1v) is 4.69. The van der Waals surface area contributed by atoms with Gasteiger partial charge in [0.2, 0.25) is 0 Å². The fourth-order valence-electron chi connectivity index (χ4n) is 1.35. The van der Waals surface area contributed by atoms with Crippen LogP contribution in [-0.4, -0.2) is 16.1 Å². The van der Waals surface area contributed by atoms with Gasteiger partial charge in [0, 0.05) is 6.20 Å². The van der Waals surface area contributed by atoms with Crippen LogP contribution in [0, 0.1) is 12.8 Å². The molecule has 4 heteroatoms. The van der Waals surface area contributed by atoms with Gasteiger partial charge < -0.3 is 5.11 Å². The number of aromatic nitrogens is 1. The average Bonchev–Trinajstić information content (AvgIpc) is 2.07. The number of halogens is 1. The zero-order valence-corrected chi connectivity index (χ0v) is 9.97. The molecule has 3 nitrogen and oxygen atoms in total. The minimum atomic E-state index is -0.968. The summed E-state index contributed by atoms with van der Waals surface area (Å²) >= 11 is 0. The van der Waals surface area contributed by atoms with Gasteiger partial charge in [-0.1, -0.05) is 13.8 Å². The Bertz CT molecular complexity index is 350. The zero-order valence-electron chi connectivity index (χ0n) is 9.15. The topological polar surface area (TPSA) is 50.2 Å². The molecule has 84 valence electrons. The lowest BCUT2D eigenvalue weighted by atomic mass is 10.0. The molecule has 0 aliphatic carbocycles. The summed E-state index contributed by atoms with van der Waals surface area (Å²) < 4.78 is 0. The van der Waals surface area contributed by atoms with E-state index in [2.05, 4.69) is 18.8 Å². The quantitative estimate of drug-likeness (QED) is 0.867. The Hall–Kier alpha value is -1.09. The molecule has 0 bridgehead atoms. The van der Waals surface area contributed by atoms with Crippen LogP contribution in [0.25, 0.3) is 0 Å². The van der Waals surface area contributed by atoms with Crippen molar-refractivity contribution < 1.29 is 9.90 Å². The molecule has 0 aromatic carbocycles. The van der Waals surface area contributed by atoms with E-state index in [0.29, 0.717) is 5.92 Å². The second-order valence-corrected chi connectivity index (χ2v) is 3.90. The van der Waals surface area contributed by atoms with Crippen LogP contribution in [0.15, 0.2) is 12.3 Å². The number of carboxylic acid groups (broad SMARTS) is 1. The minimum Gasteiger partial charge on any atom is -0.477 e. The fourth-order valence-corrected chi connectivity index (χ4v) is 1.35. The third kappa shape index (κ3) is 3.88. The molecular weight excluding hydrogens is 214 g/mol. The highest BCUT2D eigenvalue weighted by Gasteiger charge is 2.07. The highest BCUT2D eigenvalue weighted by Crippen LogP contribution is 2.13. The van der Waals surface area contributed by atoms with E-state index >= 15 is 0 Å². The summed E-state index contributed by atoms with van der Waals surface area (Å²) in [5.41, 5.74) is 2.26. The van der Waals surface area contributed by atoms with Crippen LogP contribution in [-0.2, 0) is 6.42 Å². The molecule has 0 saturated carbocycles. The van der Waals surface area contributed by atoms with Crippen LogP contribution in [0.2, 0.25) is 0 Å². The molecule has 0 aliphatic heterocycles. The molecule has 1 rings (SSSR count). The monoisotopic (exact) mass is 229 g/mol. The Morgan fingerprint density at radius 1 is 1.53 bits per heavy atom. The molecule has 0 amide bonds. The molecule has 1 aromatic heterocycles. The summed E-state index contributed by atoms with van der Waals surface area (Å²) in [5.74, 6) is -0.407. The summed E-state index contributed by atoms with van der Waals surface area (Å²) in [7, 11) is 0. The SMILES string of the molecule is Cc1cc(C(=O)O)ncc1CC(C)C.Cl. The van der Waals surface area contributed by atoms with Gasteiger partial charge >= 0.3 is 5.97 Å². The lowest BCUT2D eigenvalue weighted by molar-refractivity contribution is 0.0690. The van der Waals surface area contributed by atoms with Crippen molar-refractivity contribution in [2.45, 2.75) is 27.2 Å². The number of hydrogen-bond donors (Lipinski definition) is 1. The summed E-state index contributed by atoms with van der Waals surface area (Å²) in [4.78, 5) is 14.5. The molecule has 0 unspecified atom stereocenters. The van der Waals surface area contributed by atoms with Gasteiger partial charge in [-0.3, -0.25) is 0 Å². The molecular formula is C11H16ClNO2. The second kappa shape index (κ2) is 5.71. The van der Waals surface area contributed by atoms with E-state index in [1.807, 2.05) is 6.92 Å². The number of aromatic carboxylic acids is 1. The van der Waals surface area contributed by atoms with E-state index in [4.69, 9.17) is 5.11 Å². The maximum absolute atomic E-state index is 10.6. The van der Waals surface area contributed by atoms with E-state index in [9.17, 15) is 4.79 Å². The van der Waals surface area contributed by atoms with Crippen LogP contribution in [0.5, 0.6) is 0 Å².